The van der Waals surface area contributed by atoms with Crippen LogP contribution in [0.25, 0.3) is 0 Å². The van der Waals surface area contributed by atoms with Crippen LogP contribution in [0.1, 0.15) is 36.4 Å². The van der Waals surface area contributed by atoms with Crippen molar-refractivity contribution in [1.29, 1.82) is 0 Å². The Morgan fingerprint density at radius 1 is 1.56 bits per heavy atom. The summed E-state index contributed by atoms with van der Waals surface area (Å²) >= 11 is 0. The third-order valence-electron chi connectivity index (χ3n) is 2.85. The predicted octanol–water partition coefficient (Wildman–Crippen LogP) is 0.832. The fourth-order valence-corrected chi connectivity index (χ4v) is 1.88. The van der Waals surface area contributed by atoms with E-state index in [1.54, 1.807) is 7.11 Å². The van der Waals surface area contributed by atoms with E-state index in [1.165, 1.54) is 0 Å². The van der Waals surface area contributed by atoms with Crippen molar-refractivity contribution in [1.82, 2.24) is 10.5 Å². The van der Waals surface area contributed by atoms with Crippen LogP contribution in [-0.4, -0.2) is 30.8 Å². The standard InChI is InChI=1S/C12H21N3O3/c1-7(11-8(2)15-18-9(11)3)14-12(16)10(13)5-6-17-4/h7,10H,5-6,13H2,1-4H3,(H,14,16). The second kappa shape index (κ2) is 6.51. The van der Waals surface area contributed by atoms with Gasteiger partial charge in [0.2, 0.25) is 5.91 Å². The van der Waals surface area contributed by atoms with E-state index in [0.717, 1.165) is 11.3 Å². The molecule has 0 aliphatic rings. The molecule has 1 aromatic rings. The molecule has 18 heavy (non-hydrogen) atoms. The Balaban J connectivity index is 2.59. The Labute approximate surface area is 107 Å². The molecule has 1 heterocycles. The fourth-order valence-electron chi connectivity index (χ4n) is 1.88. The molecule has 1 rings (SSSR count). The van der Waals surface area contributed by atoms with Crippen LogP contribution >= 0.6 is 0 Å². The first-order valence-electron chi connectivity index (χ1n) is 5.95. The van der Waals surface area contributed by atoms with E-state index in [1.807, 2.05) is 20.8 Å². The summed E-state index contributed by atoms with van der Waals surface area (Å²) in [5.74, 6) is 0.519. The third-order valence-corrected chi connectivity index (χ3v) is 2.85. The van der Waals surface area contributed by atoms with Gasteiger partial charge >= 0.3 is 0 Å². The number of methoxy groups -OCH3 is 1. The molecule has 1 amide bonds. The maximum atomic E-state index is 11.8. The van der Waals surface area contributed by atoms with Crippen molar-refractivity contribution in [3.05, 3.63) is 17.0 Å². The molecule has 0 saturated carbocycles. The van der Waals surface area contributed by atoms with Crippen LogP contribution < -0.4 is 11.1 Å². The molecule has 0 fully saturated rings. The quantitative estimate of drug-likeness (QED) is 0.785. The number of hydrogen-bond donors (Lipinski definition) is 2. The summed E-state index contributed by atoms with van der Waals surface area (Å²) in [5, 5.41) is 6.71. The van der Waals surface area contributed by atoms with Crippen LogP contribution in [-0.2, 0) is 9.53 Å². The van der Waals surface area contributed by atoms with Gasteiger partial charge in [0.05, 0.1) is 17.8 Å². The van der Waals surface area contributed by atoms with Gasteiger partial charge in [0.1, 0.15) is 5.76 Å². The summed E-state index contributed by atoms with van der Waals surface area (Å²) in [6.45, 7) is 6.02. The molecule has 1 aromatic heterocycles. The zero-order valence-corrected chi connectivity index (χ0v) is 11.3. The minimum Gasteiger partial charge on any atom is -0.385 e. The number of nitrogens with zero attached hydrogens (tertiary/aromatic N) is 1. The molecule has 6 heteroatoms. The monoisotopic (exact) mass is 255 g/mol. The summed E-state index contributed by atoms with van der Waals surface area (Å²) in [5.41, 5.74) is 7.44. The molecule has 0 saturated heterocycles. The first kappa shape index (κ1) is 14.7. The summed E-state index contributed by atoms with van der Waals surface area (Å²) in [6, 6.07) is -0.731. The molecular weight excluding hydrogens is 234 g/mol. The van der Waals surface area contributed by atoms with E-state index >= 15 is 0 Å². The Bertz CT molecular complexity index is 384. The van der Waals surface area contributed by atoms with Gasteiger partial charge < -0.3 is 20.3 Å². The second-order valence-electron chi connectivity index (χ2n) is 4.36. The lowest BCUT2D eigenvalue weighted by Gasteiger charge is -2.17. The number of amides is 1. The molecule has 102 valence electrons. The van der Waals surface area contributed by atoms with Crippen LogP contribution in [0, 0.1) is 13.8 Å². The Kier molecular flexibility index (Phi) is 5.30. The lowest BCUT2D eigenvalue weighted by Crippen LogP contribution is -2.42. The van der Waals surface area contributed by atoms with Gasteiger partial charge in [0, 0.05) is 19.3 Å². The van der Waals surface area contributed by atoms with E-state index < -0.39 is 6.04 Å². The third kappa shape index (κ3) is 3.54. The number of ether oxygens (including phenoxy) is 1. The minimum atomic E-state index is -0.562. The lowest BCUT2D eigenvalue weighted by atomic mass is 10.1. The van der Waals surface area contributed by atoms with E-state index in [-0.39, 0.29) is 11.9 Å². The van der Waals surface area contributed by atoms with Gasteiger partial charge in [-0.1, -0.05) is 5.16 Å². The van der Waals surface area contributed by atoms with Crippen molar-refractivity contribution in [3.8, 4) is 0 Å². The topological polar surface area (TPSA) is 90.4 Å². The highest BCUT2D eigenvalue weighted by molar-refractivity contribution is 5.81. The van der Waals surface area contributed by atoms with Gasteiger partial charge in [0.25, 0.3) is 0 Å². The number of hydrogen-bond acceptors (Lipinski definition) is 5. The molecule has 0 radical (unpaired) electrons. The number of nitrogens with one attached hydrogen (secondary N) is 1. The molecule has 2 atom stereocenters. The van der Waals surface area contributed by atoms with Gasteiger partial charge in [-0.25, -0.2) is 0 Å². The summed E-state index contributed by atoms with van der Waals surface area (Å²) in [6.07, 6.45) is 0.497. The van der Waals surface area contributed by atoms with E-state index in [0.29, 0.717) is 18.8 Å². The molecule has 6 nitrogen and oxygen atoms in total. The maximum absolute atomic E-state index is 11.8. The van der Waals surface area contributed by atoms with Crippen molar-refractivity contribution >= 4 is 5.91 Å². The van der Waals surface area contributed by atoms with Gasteiger partial charge in [-0.3, -0.25) is 4.79 Å². The number of aryl methyl sites for hydroxylation is 2. The molecule has 0 bridgehead atoms. The van der Waals surface area contributed by atoms with E-state index in [4.69, 9.17) is 15.0 Å². The fraction of sp³-hybridized carbons (Fsp3) is 0.667. The molecule has 3 N–H and O–H groups in total. The Morgan fingerprint density at radius 3 is 2.72 bits per heavy atom. The lowest BCUT2D eigenvalue weighted by molar-refractivity contribution is -0.123. The number of aromatic nitrogens is 1. The van der Waals surface area contributed by atoms with Crippen molar-refractivity contribution in [2.45, 2.75) is 39.3 Å². The molecular formula is C12H21N3O3. The van der Waals surface area contributed by atoms with Crippen molar-refractivity contribution in [2.24, 2.45) is 5.73 Å². The maximum Gasteiger partial charge on any atom is 0.237 e. The first-order chi connectivity index (χ1) is 8.47. The normalized spacial score (nSPS) is 14.3. The van der Waals surface area contributed by atoms with Gasteiger partial charge in [0.15, 0.2) is 0 Å². The van der Waals surface area contributed by atoms with E-state index in [2.05, 4.69) is 10.5 Å². The van der Waals surface area contributed by atoms with Gasteiger partial charge in [-0.15, -0.1) is 0 Å². The van der Waals surface area contributed by atoms with Crippen LogP contribution in [0.5, 0.6) is 0 Å². The predicted molar refractivity (Wildman–Crippen MR) is 67.0 cm³/mol. The van der Waals surface area contributed by atoms with Gasteiger partial charge in [-0.05, 0) is 27.2 Å². The number of rotatable bonds is 6. The average Bonchev–Trinajstić information content (AvgIpc) is 2.65. The zero-order valence-electron chi connectivity index (χ0n) is 11.3. The van der Waals surface area contributed by atoms with Crippen molar-refractivity contribution < 1.29 is 14.1 Å². The van der Waals surface area contributed by atoms with Crippen LogP contribution in [0.4, 0.5) is 0 Å². The largest absolute Gasteiger partial charge is 0.385 e. The number of nitrogens with two attached hydrogens (primary N) is 1. The number of carbonyl (C=O) groups is 1. The molecule has 2 unspecified atom stereocenters. The average molecular weight is 255 g/mol. The van der Waals surface area contributed by atoms with Crippen LogP contribution in [0.15, 0.2) is 4.52 Å². The highest BCUT2D eigenvalue weighted by Gasteiger charge is 2.21. The Hall–Kier alpha value is -1.40. The number of carbonyl (C=O) groups excluding carboxylic acids is 1. The smallest absolute Gasteiger partial charge is 0.237 e. The minimum absolute atomic E-state index is 0.169. The first-order valence-corrected chi connectivity index (χ1v) is 5.95. The highest BCUT2D eigenvalue weighted by atomic mass is 16.5. The molecule has 0 aliphatic carbocycles. The zero-order chi connectivity index (χ0) is 13.7. The second-order valence-corrected chi connectivity index (χ2v) is 4.36. The van der Waals surface area contributed by atoms with Crippen LogP contribution in [0.2, 0.25) is 0 Å². The summed E-state index contributed by atoms with van der Waals surface area (Å²) in [7, 11) is 1.58. The Morgan fingerprint density at radius 2 is 2.22 bits per heavy atom. The van der Waals surface area contributed by atoms with Crippen molar-refractivity contribution in [2.75, 3.05) is 13.7 Å². The SMILES string of the molecule is COCCC(N)C(=O)NC(C)c1c(C)noc1C. The summed E-state index contributed by atoms with van der Waals surface area (Å²) < 4.78 is 9.96. The molecule has 0 spiro atoms. The van der Waals surface area contributed by atoms with Crippen LogP contribution in [0.3, 0.4) is 0 Å². The van der Waals surface area contributed by atoms with Crippen molar-refractivity contribution in [3.63, 3.8) is 0 Å². The molecule has 0 aromatic carbocycles. The summed E-state index contributed by atoms with van der Waals surface area (Å²) in [4.78, 5) is 11.8. The van der Waals surface area contributed by atoms with Gasteiger partial charge in [-0.2, -0.15) is 0 Å². The highest BCUT2D eigenvalue weighted by Crippen LogP contribution is 2.20. The molecule has 0 aliphatic heterocycles. The van der Waals surface area contributed by atoms with E-state index in [9.17, 15) is 4.79 Å².